The van der Waals surface area contributed by atoms with Crippen molar-refractivity contribution in [1.82, 2.24) is 4.90 Å². The number of carbonyl (C=O) groups excluding carboxylic acids is 1. The minimum atomic E-state index is -3.05. The molecule has 1 aliphatic rings. The molecular formula is C12H13ClFNO3S. The van der Waals surface area contributed by atoms with Crippen LogP contribution in [0.2, 0.25) is 5.02 Å². The molecule has 1 heterocycles. The summed E-state index contributed by atoms with van der Waals surface area (Å²) in [6.45, 7) is 0. The van der Waals surface area contributed by atoms with E-state index in [0.29, 0.717) is 6.42 Å². The third kappa shape index (κ3) is 3.06. The average Bonchev–Trinajstić information content (AvgIpc) is 2.71. The molecular weight excluding hydrogens is 293 g/mol. The smallest absolute Gasteiger partial charge is 0.253 e. The van der Waals surface area contributed by atoms with E-state index in [2.05, 4.69) is 0 Å². The first-order valence-electron chi connectivity index (χ1n) is 5.73. The topological polar surface area (TPSA) is 54.5 Å². The summed E-state index contributed by atoms with van der Waals surface area (Å²) in [6, 6.07) is 3.37. The highest BCUT2D eigenvalue weighted by atomic mass is 35.5. The number of amides is 1. The Kier molecular flexibility index (Phi) is 3.82. The third-order valence-corrected chi connectivity index (χ3v) is 5.28. The minimum Gasteiger partial charge on any atom is -0.338 e. The Morgan fingerprint density at radius 1 is 1.47 bits per heavy atom. The molecule has 0 N–H and O–H groups in total. The predicted molar refractivity (Wildman–Crippen MR) is 70.6 cm³/mol. The number of halogens is 2. The number of sulfone groups is 1. The summed E-state index contributed by atoms with van der Waals surface area (Å²) < 4.78 is 35.8. The van der Waals surface area contributed by atoms with Gasteiger partial charge in [0.2, 0.25) is 0 Å². The first-order valence-corrected chi connectivity index (χ1v) is 7.93. The van der Waals surface area contributed by atoms with Gasteiger partial charge in [0.15, 0.2) is 9.84 Å². The standard InChI is InChI=1S/C12H13ClFNO3S/c1-15(9-4-5-19(17,18)7-9)12(16)8-2-3-11(14)10(13)6-8/h2-3,6,9H,4-5,7H2,1H3. The van der Waals surface area contributed by atoms with Crippen LogP contribution in [0.3, 0.4) is 0 Å². The fraction of sp³-hybridized carbons (Fsp3) is 0.417. The zero-order valence-corrected chi connectivity index (χ0v) is 11.8. The minimum absolute atomic E-state index is 0.0236. The van der Waals surface area contributed by atoms with Gasteiger partial charge in [0.25, 0.3) is 5.91 Å². The lowest BCUT2D eigenvalue weighted by Gasteiger charge is -2.23. The van der Waals surface area contributed by atoms with Crippen LogP contribution in [0.1, 0.15) is 16.8 Å². The van der Waals surface area contributed by atoms with Gasteiger partial charge in [0, 0.05) is 18.7 Å². The van der Waals surface area contributed by atoms with E-state index in [1.165, 1.54) is 17.0 Å². The molecule has 1 fully saturated rings. The van der Waals surface area contributed by atoms with Gasteiger partial charge in [-0.1, -0.05) is 11.6 Å². The van der Waals surface area contributed by atoms with Gasteiger partial charge < -0.3 is 4.90 Å². The van der Waals surface area contributed by atoms with E-state index in [9.17, 15) is 17.6 Å². The molecule has 19 heavy (non-hydrogen) atoms. The summed E-state index contributed by atoms with van der Waals surface area (Å²) in [5.41, 5.74) is 0.248. The molecule has 7 heteroatoms. The van der Waals surface area contributed by atoms with E-state index in [0.717, 1.165) is 6.07 Å². The molecule has 1 aromatic carbocycles. The Morgan fingerprint density at radius 3 is 2.68 bits per heavy atom. The Morgan fingerprint density at radius 2 is 2.16 bits per heavy atom. The number of nitrogens with zero attached hydrogens (tertiary/aromatic N) is 1. The Balaban J connectivity index is 2.17. The van der Waals surface area contributed by atoms with Crippen molar-refractivity contribution in [2.45, 2.75) is 12.5 Å². The van der Waals surface area contributed by atoms with Gasteiger partial charge in [-0.05, 0) is 24.6 Å². The molecule has 2 rings (SSSR count). The Labute approximate surface area is 116 Å². The van der Waals surface area contributed by atoms with Gasteiger partial charge in [-0.15, -0.1) is 0 Å². The van der Waals surface area contributed by atoms with Crippen molar-refractivity contribution in [2.75, 3.05) is 18.6 Å². The molecule has 0 aliphatic carbocycles. The molecule has 1 aliphatic heterocycles. The average molecular weight is 306 g/mol. The van der Waals surface area contributed by atoms with Gasteiger partial charge in [-0.25, -0.2) is 12.8 Å². The van der Waals surface area contributed by atoms with Gasteiger partial charge >= 0.3 is 0 Å². The summed E-state index contributed by atoms with van der Waals surface area (Å²) in [6.07, 6.45) is 0.430. The molecule has 0 aromatic heterocycles. The third-order valence-electron chi connectivity index (χ3n) is 3.24. The van der Waals surface area contributed by atoms with E-state index < -0.39 is 15.7 Å². The second kappa shape index (κ2) is 5.09. The highest BCUT2D eigenvalue weighted by Crippen LogP contribution is 2.21. The first-order chi connectivity index (χ1) is 8.80. The van der Waals surface area contributed by atoms with Crippen molar-refractivity contribution in [3.8, 4) is 0 Å². The molecule has 0 saturated carbocycles. The van der Waals surface area contributed by atoms with E-state index in [4.69, 9.17) is 11.6 Å². The molecule has 1 amide bonds. The SMILES string of the molecule is CN(C(=O)c1ccc(F)c(Cl)c1)C1CCS(=O)(=O)C1. The summed E-state index contributed by atoms with van der Waals surface area (Å²) in [4.78, 5) is 13.5. The fourth-order valence-electron chi connectivity index (χ4n) is 2.08. The molecule has 4 nitrogen and oxygen atoms in total. The van der Waals surface area contributed by atoms with Crippen molar-refractivity contribution >= 4 is 27.3 Å². The largest absolute Gasteiger partial charge is 0.338 e. The highest BCUT2D eigenvalue weighted by molar-refractivity contribution is 7.91. The van der Waals surface area contributed by atoms with Crippen molar-refractivity contribution in [2.24, 2.45) is 0 Å². The van der Waals surface area contributed by atoms with Crippen LogP contribution in [0, 0.1) is 5.82 Å². The normalized spacial score (nSPS) is 21.3. The highest BCUT2D eigenvalue weighted by Gasteiger charge is 2.33. The zero-order valence-electron chi connectivity index (χ0n) is 10.3. The zero-order chi connectivity index (χ0) is 14.2. The molecule has 1 aromatic rings. The lowest BCUT2D eigenvalue weighted by atomic mass is 10.1. The van der Waals surface area contributed by atoms with Gasteiger partial charge in [0.1, 0.15) is 5.82 Å². The van der Waals surface area contributed by atoms with E-state index in [-0.39, 0.29) is 34.0 Å². The van der Waals surface area contributed by atoms with Crippen LogP contribution in [0.25, 0.3) is 0 Å². The molecule has 1 unspecified atom stereocenters. The van der Waals surface area contributed by atoms with Gasteiger partial charge in [-0.3, -0.25) is 4.79 Å². The number of carbonyl (C=O) groups is 1. The molecule has 0 spiro atoms. The van der Waals surface area contributed by atoms with Gasteiger partial charge in [-0.2, -0.15) is 0 Å². The lowest BCUT2D eigenvalue weighted by molar-refractivity contribution is 0.0747. The predicted octanol–water partition coefficient (Wildman–Crippen LogP) is 1.74. The Bertz CT molecular complexity index is 617. The van der Waals surface area contributed by atoms with Crippen molar-refractivity contribution in [3.63, 3.8) is 0 Å². The number of hydrogen-bond donors (Lipinski definition) is 0. The summed E-state index contributed by atoms with van der Waals surface area (Å²) in [5.74, 6) is -0.878. The van der Waals surface area contributed by atoms with Crippen molar-refractivity contribution < 1.29 is 17.6 Å². The molecule has 0 radical (unpaired) electrons. The van der Waals surface area contributed by atoms with Crippen molar-refractivity contribution in [3.05, 3.63) is 34.6 Å². The second-order valence-corrected chi connectivity index (χ2v) is 7.24. The molecule has 0 bridgehead atoms. The molecule has 1 atom stereocenters. The number of hydrogen-bond acceptors (Lipinski definition) is 3. The maximum atomic E-state index is 13.0. The van der Waals surface area contributed by atoms with E-state index in [1.54, 1.807) is 7.05 Å². The fourth-order valence-corrected chi connectivity index (χ4v) is 4.03. The molecule has 1 saturated heterocycles. The van der Waals surface area contributed by atoms with Crippen LogP contribution in [-0.4, -0.2) is 43.8 Å². The Hall–Kier alpha value is -1.14. The molecule has 104 valence electrons. The number of rotatable bonds is 2. The van der Waals surface area contributed by atoms with Gasteiger partial charge in [0.05, 0.1) is 16.5 Å². The van der Waals surface area contributed by atoms with Crippen LogP contribution in [0.15, 0.2) is 18.2 Å². The van der Waals surface area contributed by atoms with Crippen LogP contribution in [-0.2, 0) is 9.84 Å². The first kappa shape index (κ1) is 14.3. The van der Waals surface area contributed by atoms with Crippen LogP contribution in [0.5, 0.6) is 0 Å². The van der Waals surface area contributed by atoms with E-state index in [1.807, 2.05) is 0 Å². The van der Waals surface area contributed by atoms with Crippen molar-refractivity contribution in [1.29, 1.82) is 0 Å². The summed E-state index contributed by atoms with van der Waals surface area (Å²) in [7, 11) is -1.50. The van der Waals surface area contributed by atoms with Crippen LogP contribution >= 0.6 is 11.6 Å². The lowest BCUT2D eigenvalue weighted by Crippen LogP contribution is -2.37. The maximum Gasteiger partial charge on any atom is 0.253 e. The van der Waals surface area contributed by atoms with E-state index >= 15 is 0 Å². The summed E-state index contributed by atoms with van der Waals surface area (Å²) >= 11 is 5.63. The second-order valence-electron chi connectivity index (χ2n) is 4.60. The van der Waals surface area contributed by atoms with Crippen LogP contribution < -0.4 is 0 Å². The monoisotopic (exact) mass is 305 g/mol. The number of benzene rings is 1. The maximum absolute atomic E-state index is 13.0. The summed E-state index contributed by atoms with van der Waals surface area (Å²) in [5, 5.41) is -0.127. The quantitative estimate of drug-likeness (QED) is 0.836. The van der Waals surface area contributed by atoms with Crippen LogP contribution in [0.4, 0.5) is 4.39 Å².